The van der Waals surface area contributed by atoms with Crippen LogP contribution in [0.15, 0.2) is 65.6 Å². The predicted octanol–water partition coefficient (Wildman–Crippen LogP) is 4.89. The molecule has 0 aromatic heterocycles. The van der Waals surface area contributed by atoms with Crippen molar-refractivity contribution < 1.29 is 22.3 Å². The summed E-state index contributed by atoms with van der Waals surface area (Å²) >= 11 is 0. The predicted molar refractivity (Wildman–Crippen MR) is 119 cm³/mol. The van der Waals surface area contributed by atoms with Crippen molar-refractivity contribution in [3.8, 4) is 5.75 Å². The first-order chi connectivity index (χ1) is 14.7. The van der Waals surface area contributed by atoms with Gasteiger partial charge in [0.1, 0.15) is 11.6 Å². The molecule has 1 amide bonds. The molecule has 2 N–H and O–H groups in total. The van der Waals surface area contributed by atoms with Crippen molar-refractivity contribution >= 4 is 27.3 Å². The molecule has 3 aromatic carbocycles. The number of carbonyl (C=O) groups is 1. The molecular weight excluding hydrogens is 419 g/mol. The Bertz CT molecular complexity index is 1230. The first-order valence-electron chi connectivity index (χ1n) is 9.64. The zero-order valence-corrected chi connectivity index (χ0v) is 18.2. The molecule has 3 rings (SSSR count). The van der Waals surface area contributed by atoms with Crippen LogP contribution in [0.3, 0.4) is 0 Å². The Morgan fingerprint density at radius 1 is 1.00 bits per heavy atom. The van der Waals surface area contributed by atoms with Gasteiger partial charge in [0, 0.05) is 5.69 Å². The first-order valence-corrected chi connectivity index (χ1v) is 11.1. The number of anilines is 2. The van der Waals surface area contributed by atoms with Gasteiger partial charge in [0.2, 0.25) is 0 Å². The van der Waals surface area contributed by atoms with Crippen molar-refractivity contribution in [3.05, 3.63) is 83.2 Å². The minimum atomic E-state index is -3.94. The van der Waals surface area contributed by atoms with E-state index in [1.807, 2.05) is 19.9 Å². The zero-order chi connectivity index (χ0) is 22.6. The van der Waals surface area contributed by atoms with E-state index in [4.69, 9.17) is 4.74 Å². The van der Waals surface area contributed by atoms with Gasteiger partial charge < -0.3 is 10.1 Å². The van der Waals surface area contributed by atoms with Gasteiger partial charge in [-0.15, -0.1) is 0 Å². The summed E-state index contributed by atoms with van der Waals surface area (Å²) in [6.07, 6.45) is 0. The first kappa shape index (κ1) is 22.3. The standard InChI is InChI=1S/C23H23FN2O4S/c1-4-30-22-12-11-18(31(28,29)26-17-10-9-15(2)16(3)13-17)14-21(22)25-23(27)19-7-5-6-8-20(19)24/h5-14,26H,4H2,1-3H3,(H,25,27). The normalized spacial score (nSPS) is 11.1. The molecule has 162 valence electrons. The molecule has 0 bridgehead atoms. The van der Waals surface area contributed by atoms with E-state index >= 15 is 0 Å². The van der Waals surface area contributed by atoms with Crippen LogP contribution in [0.1, 0.15) is 28.4 Å². The summed E-state index contributed by atoms with van der Waals surface area (Å²) in [6, 6.07) is 14.9. The molecule has 3 aromatic rings. The van der Waals surface area contributed by atoms with E-state index in [0.29, 0.717) is 12.3 Å². The van der Waals surface area contributed by atoms with Gasteiger partial charge in [0.05, 0.1) is 22.8 Å². The smallest absolute Gasteiger partial charge is 0.261 e. The summed E-state index contributed by atoms with van der Waals surface area (Å²) < 4.78 is 47.8. The molecule has 0 heterocycles. The van der Waals surface area contributed by atoms with Crippen LogP contribution in [0.25, 0.3) is 0 Å². The largest absolute Gasteiger partial charge is 0.492 e. The Labute approximate surface area is 181 Å². The average molecular weight is 443 g/mol. The molecule has 0 aliphatic carbocycles. The lowest BCUT2D eigenvalue weighted by atomic mass is 10.1. The van der Waals surface area contributed by atoms with Crippen molar-refractivity contribution in [1.82, 2.24) is 0 Å². The third-order valence-electron chi connectivity index (χ3n) is 4.69. The number of aryl methyl sites for hydroxylation is 2. The minimum Gasteiger partial charge on any atom is -0.492 e. The number of sulfonamides is 1. The van der Waals surface area contributed by atoms with Crippen LogP contribution in [-0.4, -0.2) is 20.9 Å². The molecule has 0 unspecified atom stereocenters. The number of hydrogen-bond donors (Lipinski definition) is 2. The van der Waals surface area contributed by atoms with Gasteiger partial charge in [-0.2, -0.15) is 0 Å². The van der Waals surface area contributed by atoms with Crippen LogP contribution in [0, 0.1) is 19.7 Å². The highest BCUT2D eigenvalue weighted by Gasteiger charge is 2.19. The topological polar surface area (TPSA) is 84.5 Å². The molecule has 0 aliphatic rings. The second-order valence-electron chi connectivity index (χ2n) is 6.93. The van der Waals surface area contributed by atoms with Gasteiger partial charge in [-0.3, -0.25) is 9.52 Å². The lowest BCUT2D eigenvalue weighted by Gasteiger charge is -2.15. The molecule has 0 saturated heterocycles. The molecule has 0 saturated carbocycles. The van der Waals surface area contributed by atoms with Crippen molar-refractivity contribution in [2.75, 3.05) is 16.6 Å². The monoisotopic (exact) mass is 442 g/mol. The molecule has 0 spiro atoms. The third-order valence-corrected chi connectivity index (χ3v) is 6.07. The van der Waals surface area contributed by atoms with Crippen molar-refractivity contribution in [2.24, 2.45) is 0 Å². The van der Waals surface area contributed by atoms with Gasteiger partial charge in [0.15, 0.2) is 0 Å². The number of halogens is 1. The van der Waals surface area contributed by atoms with Crippen LogP contribution in [0.4, 0.5) is 15.8 Å². The molecule has 8 heteroatoms. The molecule has 6 nitrogen and oxygen atoms in total. The van der Waals surface area contributed by atoms with E-state index in [9.17, 15) is 17.6 Å². The van der Waals surface area contributed by atoms with E-state index in [2.05, 4.69) is 10.0 Å². The van der Waals surface area contributed by atoms with E-state index in [-0.39, 0.29) is 21.9 Å². The summed E-state index contributed by atoms with van der Waals surface area (Å²) in [5, 5.41) is 2.55. The molecule has 0 aliphatic heterocycles. The summed E-state index contributed by atoms with van der Waals surface area (Å²) in [6.45, 7) is 5.88. The number of rotatable bonds is 7. The summed E-state index contributed by atoms with van der Waals surface area (Å²) in [5.74, 6) is -1.12. The Morgan fingerprint density at radius 3 is 2.42 bits per heavy atom. The maximum atomic E-state index is 14.0. The second kappa shape index (κ2) is 9.18. The summed E-state index contributed by atoms with van der Waals surface area (Å²) in [7, 11) is -3.94. The fourth-order valence-corrected chi connectivity index (χ4v) is 3.98. The van der Waals surface area contributed by atoms with Gasteiger partial charge in [-0.05, 0) is 74.4 Å². The summed E-state index contributed by atoms with van der Waals surface area (Å²) in [4.78, 5) is 12.5. The van der Waals surface area contributed by atoms with Crippen LogP contribution in [0.2, 0.25) is 0 Å². The lowest BCUT2D eigenvalue weighted by Crippen LogP contribution is -2.17. The minimum absolute atomic E-state index is 0.0713. The molecule has 31 heavy (non-hydrogen) atoms. The van der Waals surface area contributed by atoms with Gasteiger partial charge >= 0.3 is 0 Å². The Kier molecular flexibility index (Phi) is 6.60. The maximum absolute atomic E-state index is 14.0. The number of hydrogen-bond acceptors (Lipinski definition) is 4. The number of benzene rings is 3. The van der Waals surface area contributed by atoms with Crippen molar-refractivity contribution in [2.45, 2.75) is 25.7 Å². The number of ether oxygens (including phenoxy) is 1. The van der Waals surface area contributed by atoms with Gasteiger partial charge in [0.25, 0.3) is 15.9 Å². The molecular formula is C23H23FN2O4S. The average Bonchev–Trinajstić information content (AvgIpc) is 2.72. The van der Waals surface area contributed by atoms with E-state index in [1.54, 1.807) is 19.1 Å². The third kappa shape index (κ3) is 5.21. The highest BCUT2D eigenvalue weighted by atomic mass is 32.2. The van der Waals surface area contributed by atoms with Crippen molar-refractivity contribution in [3.63, 3.8) is 0 Å². The van der Waals surface area contributed by atoms with Crippen LogP contribution in [0.5, 0.6) is 5.75 Å². The fourth-order valence-electron chi connectivity index (χ4n) is 2.91. The molecule has 0 atom stereocenters. The zero-order valence-electron chi connectivity index (χ0n) is 17.4. The summed E-state index contributed by atoms with van der Waals surface area (Å²) in [5.41, 5.74) is 2.38. The maximum Gasteiger partial charge on any atom is 0.261 e. The second-order valence-corrected chi connectivity index (χ2v) is 8.61. The quantitative estimate of drug-likeness (QED) is 0.545. The van der Waals surface area contributed by atoms with Crippen LogP contribution in [-0.2, 0) is 10.0 Å². The van der Waals surface area contributed by atoms with E-state index in [0.717, 1.165) is 11.1 Å². The number of carbonyl (C=O) groups excluding carboxylic acids is 1. The van der Waals surface area contributed by atoms with E-state index in [1.165, 1.54) is 42.5 Å². The van der Waals surface area contributed by atoms with Crippen LogP contribution >= 0.6 is 0 Å². The SMILES string of the molecule is CCOc1ccc(S(=O)(=O)Nc2ccc(C)c(C)c2)cc1NC(=O)c1ccccc1F. The molecule has 0 radical (unpaired) electrons. The van der Waals surface area contributed by atoms with Crippen LogP contribution < -0.4 is 14.8 Å². The Morgan fingerprint density at radius 2 is 1.74 bits per heavy atom. The lowest BCUT2D eigenvalue weighted by molar-refractivity contribution is 0.102. The Hall–Kier alpha value is -3.39. The van der Waals surface area contributed by atoms with E-state index < -0.39 is 21.7 Å². The molecule has 0 fully saturated rings. The number of nitrogens with one attached hydrogen (secondary N) is 2. The van der Waals surface area contributed by atoms with Gasteiger partial charge in [-0.25, -0.2) is 12.8 Å². The highest BCUT2D eigenvalue weighted by molar-refractivity contribution is 7.92. The fraction of sp³-hybridized carbons (Fsp3) is 0.174. The Balaban J connectivity index is 1.94. The van der Waals surface area contributed by atoms with Crippen molar-refractivity contribution in [1.29, 1.82) is 0 Å². The highest BCUT2D eigenvalue weighted by Crippen LogP contribution is 2.30. The number of amides is 1. The van der Waals surface area contributed by atoms with Gasteiger partial charge in [-0.1, -0.05) is 18.2 Å².